The molecule has 13 heteroatoms. The number of ether oxygens (including phenoxy) is 3. The molecule has 3 aliphatic rings. The Hall–Kier alpha value is -3.32. The number of amides is 1. The smallest absolute Gasteiger partial charge is 0.411 e. The van der Waals surface area contributed by atoms with Gasteiger partial charge in [-0.3, -0.25) is 9.80 Å². The van der Waals surface area contributed by atoms with Crippen LogP contribution in [0.1, 0.15) is 50.2 Å². The molecule has 6 rings (SSSR count). The van der Waals surface area contributed by atoms with Gasteiger partial charge in [-0.1, -0.05) is 48.9 Å². The number of carbonyl (C=O) groups is 1. The Morgan fingerprint density at radius 1 is 1.17 bits per heavy atom. The van der Waals surface area contributed by atoms with E-state index in [9.17, 15) is 4.79 Å². The minimum absolute atomic E-state index is 0.00657. The van der Waals surface area contributed by atoms with Crippen molar-refractivity contribution in [2.24, 2.45) is 5.92 Å². The largest absolute Gasteiger partial charge is 0.463 e. The Bertz CT molecular complexity index is 1690. The number of carbonyl (C=O) groups excluding carboxylic acids is 1. The van der Waals surface area contributed by atoms with E-state index in [-0.39, 0.29) is 41.8 Å². The van der Waals surface area contributed by atoms with Crippen LogP contribution >= 0.6 is 11.6 Å². The number of methoxy groups -OCH3 is 1. The molecule has 2 aromatic heterocycles. The maximum atomic E-state index is 15.5. The van der Waals surface area contributed by atoms with E-state index in [0.717, 1.165) is 39.3 Å². The lowest BCUT2D eigenvalue weighted by Crippen LogP contribution is -2.66. The van der Waals surface area contributed by atoms with Gasteiger partial charge in [0.1, 0.15) is 16.9 Å². The number of benzene rings is 1. The fourth-order valence-corrected chi connectivity index (χ4v) is 7.34. The molecule has 260 valence electrons. The molecule has 2 bridgehead atoms. The van der Waals surface area contributed by atoms with Crippen molar-refractivity contribution in [1.82, 2.24) is 29.7 Å². The molecule has 0 N–H and O–H groups in total. The second-order valence-corrected chi connectivity index (χ2v) is 14.7. The number of hydrogen-bond donors (Lipinski definition) is 0. The van der Waals surface area contributed by atoms with Crippen molar-refractivity contribution in [3.05, 3.63) is 53.1 Å². The summed E-state index contributed by atoms with van der Waals surface area (Å²) in [5.74, 6) is -0.304. The van der Waals surface area contributed by atoms with Crippen LogP contribution in [0.5, 0.6) is 6.01 Å². The zero-order chi connectivity index (χ0) is 36.6. The summed E-state index contributed by atoms with van der Waals surface area (Å²) in [5.41, 5.74) is -0.527. The molecule has 0 saturated carbocycles. The molecular weight excluding hydrogens is 637 g/mol. The first-order valence-corrected chi connectivity index (χ1v) is 17.0. The number of nitrogens with zero attached hydrogens (tertiary/aromatic N) is 7. The number of hydrogen-bond acceptors (Lipinski definition) is 10. The molecule has 0 aliphatic carbocycles. The Kier molecular flexibility index (Phi) is 9.13. The normalized spacial score (nSPS) is 23.9. The maximum Gasteiger partial charge on any atom is 0.411 e. The van der Waals surface area contributed by atoms with E-state index in [4.69, 9.17) is 34.9 Å². The number of anilines is 1. The fraction of sp³-hybridized carbons (Fsp3) is 0.600. The average molecular weight is 687 g/mol. The summed E-state index contributed by atoms with van der Waals surface area (Å²) in [5, 5.41) is -0.00193. The van der Waals surface area contributed by atoms with E-state index in [2.05, 4.69) is 51.0 Å². The molecule has 3 saturated heterocycles. The minimum Gasteiger partial charge on any atom is -0.463 e. The lowest BCUT2D eigenvalue weighted by molar-refractivity contribution is -0.0261. The standard InChI is InChI=1S/C35H47ClFN7O4/c1-24(18-41-13-15-42(16-14-41)19-25-9-7-6-8-10-25)21-47-32-39-29-27(17-38-30(36)28(29)37)31(40-32)43-20-26-11-12-35(22-43,23-46-5)44(26)33(45)48-34(2,3)4/h6-10,17,24,26H,11-16,18-23H2,1-5H3/t24-,26?,35?/m1/s1/i5D3. The average Bonchev–Trinajstić information content (AvgIpc) is 3.31. The molecule has 1 amide bonds. The van der Waals surface area contributed by atoms with Crippen LogP contribution in [-0.2, 0) is 16.0 Å². The van der Waals surface area contributed by atoms with Crippen LogP contribution in [0.15, 0.2) is 36.5 Å². The van der Waals surface area contributed by atoms with E-state index < -0.39 is 30.1 Å². The molecule has 48 heavy (non-hydrogen) atoms. The second kappa shape index (κ2) is 14.3. The molecule has 2 unspecified atom stereocenters. The first kappa shape index (κ1) is 30.7. The van der Waals surface area contributed by atoms with Crippen molar-refractivity contribution < 1.29 is 27.5 Å². The van der Waals surface area contributed by atoms with Crippen LogP contribution in [0, 0.1) is 11.7 Å². The zero-order valence-electron chi connectivity index (χ0n) is 31.1. The molecule has 3 fully saturated rings. The van der Waals surface area contributed by atoms with Gasteiger partial charge in [0.25, 0.3) is 0 Å². The maximum absolute atomic E-state index is 15.5. The topological polar surface area (TPSA) is 96.4 Å². The highest BCUT2D eigenvalue weighted by atomic mass is 35.5. The number of fused-ring (bicyclic) bond motifs is 3. The third-order valence-corrected chi connectivity index (χ3v) is 9.61. The van der Waals surface area contributed by atoms with Gasteiger partial charge in [-0.25, -0.2) is 14.2 Å². The Morgan fingerprint density at radius 3 is 2.65 bits per heavy atom. The number of piperazine rings is 2. The van der Waals surface area contributed by atoms with Crippen LogP contribution < -0.4 is 9.64 Å². The van der Waals surface area contributed by atoms with Crippen molar-refractivity contribution >= 4 is 34.4 Å². The van der Waals surface area contributed by atoms with Gasteiger partial charge in [0.05, 0.1) is 34.3 Å². The van der Waals surface area contributed by atoms with E-state index >= 15 is 4.39 Å². The summed E-state index contributed by atoms with van der Waals surface area (Å²) in [4.78, 5) is 35.2. The lowest BCUT2D eigenvalue weighted by Gasteiger charge is -2.49. The van der Waals surface area contributed by atoms with Crippen LogP contribution in [0.3, 0.4) is 0 Å². The number of halogens is 2. The van der Waals surface area contributed by atoms with Gasteiger partial charge in [0.2, 0.25) is 0 Å². The predicted molar refractivity (Wildman–Crippen MR) is 183 cm³/mol. The minimum atomic E-state index is -2.67. The van der Waals surface area contributed by atoms with Gasteiger partial charge >= 0.3 is 12.1 Å². The second-order valence-electron chi connectivity index (χ2n) is 14.4. The predicted octanol–water partition coefficient (Wildman–Crippen LogP) is 5.25. The fourth-order valence-electron chi connectivity index (χ4n) is 7.20. The Morgan fingerprint density at radius 2 is 1.92 bits per heavy atom. The van der Waals surface area contributed by atoms with Gasteiger partial charge in [0.15, 0.2) is 11.0 Å². The Balaban J connectivity index is 1.19. The number of rotatable bonds is 10. The highest BCUT2D eigenvalue weighted by molar-refractivity contribution is 6.30. The zero-order valence-corrected chi connectivity index (χ0v) is 28.9. The van der Waals surface area contributed by atoms with Gasteiger partial charge in [-0.2, -0.15) is 9.97 Å². The summed E-state index contributed by atoms with van der Waals surface area (Å²) in [6, 6.07) is 10.1. The summed E-state index contributed by atoms with van der Waals surface area (Å²) in [6.07, 6.45) is 1.95. The quantitative estimate of drug-likeness (QED) is 0.263. The lowest BCUT2D eigenvalue weighted by atomic mass is 9.96. The summed E-state index contributed by atoms with van der Waals surface area (Å²) in [7, 11) is -2.67. The third-order valence-electron chi connectivity index (χ3n) is 9.35. The van der Waals surface area contributed by atoms with Crippen LogP contribution in [0.4, 0.5) is 15.0 Å². The number of pyridine rings is 1. The molecule has 3 aromatic rings. The molecule has 3 atom stereocenters. The van der Waals surface area contributed by atoms with Gasteiger partial charge in [-0.15, -0.1) is 0 Å². The van der Waals surface area contributed by atoms with Crippen molar-refractivity contribution in [2.75, 3.05) is 71.0 Å². The van der Waals surface area contributed by atoms with E-state index in [0.29, 0.717) is 37.2 Å². The Labute approximate surface area is 291 Å². The monoisotopic (exact) mass is 686 g/mol. The van der Waals surface area contributed by atoms with Crippen molar-refractivity contribution in [3.63, 3.8) is 0 Å². The van der Waals surface area contributed by atoms with E-state index in [1.54, 1.807) is 25.7 Å². The van der Waals surface area contributed by atoms with Crippen LogP contribution in [0.2, 0.25) is 5.15 Å². The first-order chi connectivity index (χ1) is 24.1. The summed E-state index contributed by atoms with van der Waals surface area (Å²) in [6.45, 7) is 13.6. The SMILES string of the molecule is [2H]C([2H])([2H])OCC12CCC(CN(c3nc(OC[C@H](C)CN4CCN(Cc5ccccc5)CC4)nc4c(F)c(Cl)ncc34)C1)N2C(=O)OC(C)(C)C. The first-order valence-electron chi connectivity index (χ1n) is 18.1. The third kappa shape index (κ3) is 7.61. The van der Waals surface area contributed by atoms with Crippen molar-refractivity contribution in [2.45, 2.75) is 64.3 Å². The summed E-state index contributed by atoms with van der Waals surface area (Å²) >= 11 is 6.10. The molecule has 11 nitrogen and oxygen atoms in total. The number of aromatic nitrogens is 3. The molecule has 3 aliphatic heterocycles. The highest BCUT2D eigenvalue weighted by Crippen LogP contribution is 2.43. The van der Waals surface area contributed by atoms with Crippen LogP contribution in [-0.4, -0.2) is 119 Å². The van der Waals surface area contributed by atoms with E-state index in [1.807, 2.05) is 11.0 Å². The molecular formula is C35H47ClFN7O4. The van der Waals surface area contributed by atoms with Crippen molar-refractivity contribution in [3.8, 4) is 6.01 Å². The van der Waals surface area contributed by atoms with Gasteiger partial charge in [0, 0.05) is 71.5 Å². The molecule has 1 aromatic carbocycles. The van der Waals surface area contributed by atoms with Crippen molar-refractivity contribution in [1.29, 1.82) is 0 Å². The van der Waals surface area contributed by atoms with Gasteiger partial charge < -0.3 is 24.0 Å². The molecule has 0 radical (unpaired) electrons. The van der Waals surface area contributed by atoms with E-state index in [1.165, 1.54) is 11.8 Å². The van der Waals surface area contributed by atoms with Gasteiger partial charge in [-0.05, 0) is 39.2 Å². The highest BCUT2D eigenvalue weighted by Gasteiger charge is 2.55. The van der Waals surface area contributed by atoms with Crippen LogP contribution in [0.25, 0.3) is 10.9 Å². The molecule has 5 heterocycles. The molecule has 0 spiro atoms. The summed E-state index contributed by atoms with van der Waals surface area (Å²) < 4.78 is 55.9.